The molecule has 0 bridgehead atoms. The first-order chi connectivity index (χ1) is 10.8. The number of ether oxygens (including phenoxy) is 1. The molecular formula is C15H23BrN2O4S. The van der Waals surface area contributed by atoms with Crippen LogP contribution < -0.4 is 10.1 Å². The van der Waals surface area contributed by atoms with Crippen LogP contribution >= 0.6 is 15.9 Å². The molecule has 2 N–H and O–H groups in total. The van der Waals surface area contributed by atoms with Gasteiger partial charge in [0.05, 0.1) is 6.61 Å². The Kier molecular flexibility index (Phi) is 6.07. The molecule has 1 aliphatic rings. The molecule has 0 unspecified atom stereocenters. The Morgan fingerprint density at radius 1 is 1.52 bits per heavy atom. The van der Waals surface area contributed by atoms with Crippen molar-refractivity contribution in [1.82, 2.24) is 9.62 Å². The normalized spacial score (nSPS) is 25.8. The van der Waals surface area contributed by atoms with Crippen LogP contribution in [0.5, 0.6) is 5.75 Å². The lowest BCUT2D eigenvalue weighted by Crippen LogP contribution is -2.49. The van der Waals surface area contributed by atoms with Crippen LogP contribution in [0.25, 0.3) is 0 Å². The molecule has 1 aromatic carbocycles. The van der Waals surface area contributed by atoms with Crippen LogP contribution in [-0.4, -0.2) is 56.7 Å². The Bertz CT molecular complexity index is 653. The molecule has 0 saturated heterocycles. The van der Waals surface area contributed by atoms with Crippen LogP contribution in [0.1, 0.15) is 13.8 Å². The molecule has 0 amide bonds. The van der Waals surface area contributed by atoms with E-state index in [1.54, 1.807) is 19.1 Å². The standard InChI is InChI=1S/C15H23BrN2O4S/c1-10-8-18(11(2)9-19)23(20,21)15-5-4-12(16)6-13(15)22-14(10)7-17-3/h4-6,10-11,14,17,19H,7-9H2,1-3H3/t10-,11-,14+/m0/s1. The van der Waals surface area contributed by atoms with Crippen molar-refractivity contribution in [2.45, 2.75) is 30.9 Å². The first-order valence-corrected chi connectivity index (χ1v) is 9.78. The number of aliphatic hydroxyl groups excluding tert-OH is 1. The first kappa shape index (κ1) is 18.7. The van der Waals surface area contributed by atoms with Gasteiger partial charge in [0.2, 0.25) is 10.0 Å². The maximum atomic E-state index is 13.0. The molecule has 0 aliphatic carbocycles. The summed E-state index contributed by atoms with van der Waals surface area (Å²) in [5, 5.41) is 12.6. The van der Waals surface area contributed by atoms with Crippen molar-refractivity contribution in [3.05, 3.63) is 22.7 Å². The molecule has 1 aromatic rings. The molecule has 0 fully saturated rings. The van der Waals surface area contributed by atoms with Crippen LogP contribution in [0, 0.1) is 5.92 Å². The molecule has 1 aliphatic heterocycles. The number of rotatable bonds is 4. The van der Waals surface area contributed by atoms with E-state index in [1.807, 2.05) is 14.0 Å². The van der Waals surface area contributed by atoms with Gasteiger partial charge in [-0.3, -0.25) is 0 Å². The van der Waals surface area contributed by atoms with Gasteiger partial charge in [0, 0.05) is 29.5 Å². The van der Waals surface area contributed by atoms with E-state index in [9.17, 15) is 13.5 Å². The smallest absolute Gasteiger partial charge is 0.247 e. The maximum Gasteiger partial charge on any atom is 0.247 e. The number of hydrogen-bond acceptors (Lipinski definition) is 5. The van der Waals surface area contributed by atoms with Gasteiger partial charge >= 0.3 is 0 Å². The Morgan fingerprint density at radius 3 is 2.83 bits per heavy atom. The summed E-state index contributed by atoms with van der Waals surface area (Å²) < 4.78 is 34.1. The van der Waals surface area contributed by atoms with E-state index in [2.05, 4.69) is 21.2 Å². The molecule has 3 atom stereocenters. The molecule has 0 radical (unpaired) electrons. The van der Waals surface area contributed by atoms with Gasteiger partial charge in [-0.15, -0.1) is 0 Å². The van der Waals surface area contributed by atoms with Crippen molar-refractivity contribution in [3.63, 3.8) is 0 Å². The first-order valence-electron chi connectivity index (χ1n) is 7.54. The monoisotopic (exact) mass is 406 g/mol. The number of likely N-dealkylation sites (N-methyl/N-ethyl adjacent to an activating group) is 1. The van der Waals surface area contributed by atoms with Crippen molar-refractivity contribution < 1.29 is 18.3 Å². The predicted octanol–water partition coefficient (Wildman–Crippen LogP) is 1.44. The van der Waals surface area contributed by atoms with Crippen molar-refractivity contribution in [1.29, 1.82) is 0 Å². The summed E-state index contributed by atoms with van der Waals surface area (Å²) in [6.45, 7) is 4.34. The summed E-state index contributed by atoms with van der Waals surface area (Å²) in [7, 11) is -1.90. The second-order valence-electron chi connectivity index (χ2n) is 5.89. The average Bonchev–Trinajstić information content (AvgIpc) is 2.50. The molecule has 2 rings (SSSR count). The van der Waals surface area contributed by atoms with Gasteiger partial charge in [0.25, 0.3) is 0 Å². The Hall–Kier alpha value is -0.670. The number of nitrogens with one attached hydrogen (secondary N) is 1. The number of halogens is 1. The third kappa shape index (κ3) is 3.88. The molecule has 0 aromatic heterocycles. The fourth-order valence-electron chi connectivity index (χ4n) is 2.64. The molecule has 23 heavy (non-hydrogen) atoms. The van der Waals surface area contributed by atoms with Crippen LogP contribution in [0.2, 0.25) is 0 Å². The highest BCUT2D eigenvalue weighted by Gasteiger charge is 2.37. The number of aliphatic hydroxyl groups is 1. The van der Waals surface area contributed by atoms with E-state index in [1.165, 1.54) is 10.4 Å². The second-order valence-corrected chi connectivity index (χ2v) is 8.66. The van der Waals surface area contributed by atoms with Crippen molar-refractivity contribution in [3.8, 4) is 5.75 Å². The summed E-state index contributed by atoms with van der Waals surface area (Å²) >= 11 is 3.36. The van der Waals surface area contributed by atoms with Crippen molar-refractivity contribution >= 4 is 26.0 Å². The SMILES string of the molecule is CNC[C@H]1Oc2cc(Br)ccc2S(=O)(=O)N([C@@H](C)CO)C[C@@H]1C. The molecule has 1 heterocycles. The highest BCUT2D eigenvalue weighted by Crippen LogP contribution is 2.34. The second kappa shape index (κ2) is 7.48. The van der Waals surface area contributed by atoms with E-state index in [0.29, 0.717) is 18.8 Å². The lowest BCUT2D eigenvalue weighted by Gasteiger charge is -2.36. The van der Waals surface area contributed by atoms with Gasteiger partial charge < -0.3 is 15.2 Å². The number of hydrogen-bond donors (Lipinski definition) is 2. The zero-order valence-corrected chi connectivity index (χ0v) is 15.9. The minimum atomic E-state index is -3.73. The van der Waals surface area contributed by atoms with E-state index in [-0.39, 0.29) is 23.5 Å². The minimum absolute atomic E-state index is 0.0293. The molecule has 130 valence electrons. The maximum absolute atomic E-state index is 13.0. The minimum Gasteiger partial charge on any atom is -0.487 e. The highest BCUT2D eigenvalue weighted by molar-refractivity contribution is 9.10. The van der Waals surface area contributed by atoms with Crippen LogP contribution in [0.3, 0.4) is 0 Å². The Morgan fingerprint density at radius 2 is 2.22 bits per heavy atom. The number of nitrogens with zero attached hydrogens (tertiary/aromatic N) is 1. The van der Waals surface area contributed by atoms with Crippen LogP contribution in [-0.2, 0) is 10.0 Å². The van der Waals surface area contributed by atoms with E-state index < -0.39 is 16.1 Å². The predicted molar refractivity (Wildman–Crippen MR) is 92.1 cm³/mol. The van der Waals surface area contributed by atoms with Crippen molar-refractivity contribution in [2.75, 3.05) is 26.7 Å². The molecule has 0 saturated carbocycles. The summed E-state index contributed by atoms with van der Waals surface area (Å²) in [5.41, 5.74) is 0. The molecule has 6 nitrogen and oxygen atoms in total. The van der Waals surface area contributed by atoms with Crippen LogP contribution in [0.15, 0.2) is 27.6 Å². The highest BCUT2D eigenvalue weighted by atomic mass is 79.9. The third-order valence-corrected chi connectivity index (χ3v) is 6.55. The van der Waals surface area contributed by atoms with Gasteiger partial charge in [-0.25, -0.2) is 8.42 Å². The quantitative estimate of drug-likeness (QED) is 0.790. The van der Waals surface area contributed by atoms with Gasteiger partial charge in [-0.2, -0.15) is 4.31 Å². The van der Waals surface area contributed by atoms with E-state index in [4.69, 9.17) is 4.74 Å². The fraction of sp³-hybridized carbons (Fsp3) is 0.600. The third-order valence-electron chi connectivity index (χ3n) is 4.03. The fourth-order valence-corrected chi connectivity index (χ4v) is 4.81. The lowest BCUT2D eigenvalue weighted by molar-refractivity contribution is 0.103. The van der Waals surface area contributed by atoms with Crippen LogP contribution in [0.4, 0.5) is 0 Å². The Labute approximate surface area is 146 Å². The van der Waals surface area contributed by atoms with E-state index in [0.717, 1.165) is 4.47 Å². The van der Waals surface area contributed by atoms with Crippen molar-refractivity contribution in [2.24, 2.45) is 5.92 Å². The zero-order valence-electron chi connectivity index (χ0n) is 13.5. The topological polar surface area (TPSA) is 78.9 Å². The largest absolute Gasteiger partial charge is 0.487 e. The number of sulfonamides is 1. The molecular weight excluding hydrogens is 384 g/mol. The van der Waals surface area contributed by atoms with E-state index >= 15 is 0 Å². The van der Waals surface area contributed by atoms with Gasteiger partial charge in [0.15, 0.2) is 0 Å². The van der Waals surface area contributed by atoms with Gasteiger partial charge in [0.1, 0.15) is 16.7 Å². The summed E-state index contributed by atoms with van der Waals surface area (Å²) in [4.78, 5) is 0.133. The van der Waals surface area contributed by atoms with Gasteiger partial charge in [-0.1, -0.05) is 22.9 Å². The summed E-state index contributed by atoms with van der Waals surface area (Å²) in [5.74, 6) is 0.305. The number of fused-ring (bicyclic) bond motifs is 1. The lowest BCUT2D eigenvalue weighted by atomic mass is 10.0. The zero-order chi connectivity index (χ0) is 17.2. The molecule has 8 heteroatoms. The summed E-state index contributed by atoms with van der Waals surface area (Å²) in [6, 6.07) is 4.40. The molecule has 0 spiro atoms. The summed E-state index contributed by atoms with van der Waals surface area (Å²) in [6.07, 6.45) is -0.169. The van der Waals surface area contributed by atoms with Gasteiger partial charge in [-0.05, 0) is 32.2 Å². The number of benzene rings is 1. The average molecular weight is 407 g/mol. The Balaban J connectivity index is 2.58.